The van der Waals surface area contributed by atoms with Crippen LogP contribution >= 0.6 is 0 Å². The molecule has 0 atom stereocenters. The smallest absolute Gasteiger partial charge is 0.266 e. The number of hydrogen-bond donors (Lipinski definition) is 1. The lowest BCUT2D eigenvalue weighted by atomic mass is 9.95. The van der Waals surface area contributed by atoms with Gasteiger partial charge in [-0.05, 0) is 37.1 Å². The van der Waals surface area contributed by atoms with Crippen molar-refractivity contribution < 1.29 is 9.59 Å². The first-order valence-electron chi connectivity index (χ1n) is 8.59. The Balaban J connectivity index is 1.68. The maximum atomic E-state index is 12.7. The molecule has 1 aliphatic heterocycles. The van der Waals surface area contributed by atoms with Gasteiger partial charge < -0.3 is 5.32 Å². The van der Waals surface area contributed by atoms with Gasteiger partial charge in [0, 0.05) is 6.04 Å². The van der Waals surface area contributed by atoms with Crippen molar-refractivity contribution in [3.05, 3.63) is 59.7 Å². The van der Waals surface area contributed by atoms with Gasteiger partial charge in [-0.3, -0.25) is 9.59 Å². The SMILES string of the molecule is O=C1c2ccccc2C(=O)N1c1ccccc1NC1CCCCC1. The highest BCUT2D eigenvalue weighted by Crippen LogP contribution is 2.34. The van der Waals surface area contributed by atoms with Gasteiger partial charge in [0.05, 0.1) is 22.5 Å². The normalized spacial score (nSPS) is 17.9. The number of rotatable bonds is 3. The van der Waals surface area contributed by atoms with Gasteiger partial charge in [0.2, 0.25) is 0 Å². The Morgan fingerprint density at radius 2 is 1.38 bits per heavy atom. The monoisotopic (exact) mass is 320 g/mol. The molecule has 0 bridgehead atoms. The molecule has 24 heavy (non-hydrogen) atoms. The van der Waals surface area contributed by atoms with E-state index in [1.807, 2.05) is 24.3 Å². The summed E-state index contributed by atoms with van der Waals surface area (Å²) in [4.78, 5) is 26.8. The maximum Gasteiger partial charge on any atom is 0.266 e. The number of nitrogens with one attached hydrogen (secondary N) is 1. The van der Waals surface area contributed by atoms with E-state index in [4.69, 9.17) is 0 Å². The molecule has 2 aliphatic rings. The number of fused-ring (bicyclic) bond motifs is 1. The first-order valence-corrected chi connectivity index (χ1v) is 8.59. The van der Waals surface area contributed by atoms with E-state index in [1.54, 1.807) is 24.3 Å². The van der Waals surface area contributed by atoms with Gasteiger partial charge in [0.25, 0.3) is 11.8 Å². The van der Waals surface area contributed by atoms with Crippen LogP contribution in [-0.2, 0) is 0 Å². The molecule has 0 unspecified atom stereocenters. The van der Waals surface area contributed by atoms with Crippen LogP contribution in [0.3, 0.4) is 0 Å². The Bertz CT molecular complexity index is 759. The lowest BCUT2D eigenvalue weighted by Gasteiger charge is -2.26. The largest absolute Gasteiger partial charge is 0.381 e. The fourth-order valence-corrected chi connectivity index (χ4v) is 3.67. The Morgan fingerprint density at radius 1 is 0.792 bits per heavy atom. The molecule has 4 heteroatoms. The molecule has 2 amide bonds. The predicted molar refractivity (Wildman–Crippen MR) is 94.5 cm³/mol. The minimum atomic E-state index is -0.242. The molecule has 0 saturated heterocycles. The Labute approximate surface area is 141 Å². The second kappa shape index (κ2) is 6.11. The summed E-state index contributed by atoms with van der Waals surface area (Å²) >= 11 is 0. The number of hydrogen-bond acceptors (Lipinski definition) is 3. The third-order valence-electron chi connectivity index (χ3n) is 4.90. The first-order chi connectivity index (χ1) is 11.8. The lowest BCUT2D eigenvalue weighted by molar-refractivity contribution is 0.0926. The van der Waals surface area contributed by atoms with Crippen LogP contribution in [0.4, 0.5) is 11.4 Å². The fraction of sp³-hybridized carbons (Fsp3) is 0.300. The molecule has 0 spiro atoms. The van der Waals surface area contributed by atoms with Crippen molar-refractivity contribution in [1.82, 2.24) is 0 Å². The van der Waals surface area contributed by atoms with Crippen molar-refractivity contribution in [2.24, 2.45) is 0 Å². The lowest BCUT2D eigenvalue weighted by Crippen LogP contribution is -2.31. The van der Waals surface area contributed by atoms with Crippen LogP contribution < -0.4 is 10.2 Å². The molecule has 1 saturated carbocycles. The van der Waals surface area contributed by atoms with Crippen molar-refractivity contribution in [2.75, 3.05) is 10.2 Å². The highest BCUT2D eigenvalue weighted by molar-refractivity contribution is 6.35. The molecule has 1 aliphatic carbocycles. The zero-order valence-electron chi connectivity index (χ0n) is 13.5. The standard InChI is InChI=1S/C20H20N2O2/c23-19-15-10-4-5-11-16(15)20(24)22(19)18-13-7-6-12-17(18)21-14-8-2-1-3-9-14/h4-7,10-14,21H,1-3,8-9H2. The van der Waals surface area contributed by atoms with Crippen LogP contribution in [0.25, 0.3) is 0 Å². The van der Waals surface area contributed by atoms with E-state index < -0.39 is 0 Å². The van der Waals surface area contributed by atoms with E-state index in [2.05, 4.69) is 5.32 Å². The zero-order chi connectivity index (χ0) is 16.5. The summed E-state index contributed by atoms with van der Waals surface area (Å²) in [5, 5.41) is 3.55. The van der Waals surface area contributed by atoms with Crippen LogP contribution in [0.15, 0.2) is 48.5 Å². The summed E-state index contributed by atoms with van der Waals surface area (Å²) in [6.07, 6.45) is 6.02. The van der Waals surface area contributed by atoms with E-state index in [0.29, 0.717) is 22.9 Å². The predicted octanol–water partition coefficient (Wildman–Crippen LogP) is 4.23. The summed E-state index contributed by atoms with van der Waals surface area (Å²) in [6.45, 7) is 0. The van der Waals surface area contributed by atoms with E-state index in [1.165, 1.54) is 24.2 Å². The van der Waals surface area contributed by atoms with Crippen molar-refractivity contribution >= 4 is 23.2 Å². The third kappa shape index (κ3) is 2.48. The average molecular weight is 320 g/mol. The number of amides is 2. The summed E-state index contributed by atoms with van der Waals surface area (Å²) in [6, 6.07) is 15.0. The summed E-state index contributed by atoms with van der Waals surface area (Å²) in [7, 11) is 0. The molecule has 4 rings (SSSR count). The Kier molecular flexibility index (Phi) is 3.81. The molecule has 0 radical (unpaired) electrons. The summed E-state index contributed by atoms with van der Waals surface area (Å²) < 4.78 is 0. The van der Waals surface area contributed by atoms with Crippen LogP contribution in [0.2, 0.25) is 0 Å². The number of carbonyl (C=O) groups excluding carboxylic acids is 2. The van der Waals surface area contributed by atoms with E-state index in [0.717, 1.165) is 18.5 Å². The number of imide groups is 1. The van der Waals surface area contributed by atoms with Crippen LogP contribution in [0.1, 0.15) is 52.8 Å². The molecular weight excluding hydrogens is 300 g/mol. The second-order valence-corrected chi connectivity index (χ2v) is 6.49. The highest BCUT2D eigenvalue weighted by atomic mass is 16.2. The van der Waals surface area contributed by atoms with Crippen molar-refractivity contribution in [3.63, 3.8) is 0 Å². The van der Waals surface area contributed by atoms with Gasteiger partial charge in [-0.2, -0.15) is 0 Å². The van der Waals surface area contributed by atoms with Gasteiger partial charge >= 0.3 is 0 Å². The van der Waals surface area contributed by atoms with Crippen molar-refractivity contribution in [3.8, 4) is 0 Å². The topological polar surface area (TPSA) is 49.4 Å². The number of nitrogens with zero attached hydrogens (tertiary/aromatic N) is 1. The number of anilines is 2. The maximum absolute atomic E-state index is 12.7. The third-order valence-corrected chi connectivity index (χ3v) is 4.90. The number of carbonyl (C=O) groups is 2. The molecule has 2 aromatic rings. The van der Waals surface area contributed by atoms with E-state index >= 15 is 0 Å². The highest BCUT2D eigenvalue weighted by Gasteiger charge is 2.37. The number of benzene rings is 2. The fourth-order valence-electron chi connectivity index (χ4n) is 3.67. The second-order valence-electron chi connectivity index (χ2n) is 6.49. The average Bonchev–Trinajstić information content (AvgIpc) is 2.88. The summed E-state index contributed by atoms with van der Waals surface area (Å²) in [5.41, 5.74) is 2.47. The first kappa shape index (κ1) is 14.9. The van der Waals surface area contributed by atoms with E-state index in [9.17, 15) is 9.59 Å². The van der Waals surface area contributed by atoms with Crippen molar-refractivity contribution in [2.45, 2.75) is 38.1 Å². The molecule has 1 fully saturated rings. The van der Waals surface area contributed by atoms with Gasteiger partial charge in [-0.1, -0.05) is 43.5 Å². The summed E-state index contributed by atoms with van der Waals surface area (Å²) in [5.74, 6) is -0.484. The van der Waals surface area contributed by atoms with Gasteiger partial charge in [-0.15, -0.1) is 0 Å². The molecule has 1 N–H and O–H groups in total. The minimum Gasteiger partial charge on any atom is -0.381 e. The van der Waals surface area contributed by atoms with Crippen LogP contribution in [0, 0.1) is 0 Å². The molecule has 0 aromatic heterocycles. The minimum absolute atomic E-state index is 0.242. The van der Waals surface area contributed by atoms with Crippen LogP contribution in [0.5, 0.6) is 0 Å². The molecular formula is C20H20N2O2. The quantitative estimate of drug-likeness (QED) is 0.861. The molecule has 122 valence electrons. The number of para-hydroxylation sites is 2. The van der Waals surface area contributed by atoms with E-state index in [-0.39, 0.29) is 11.8 Å². The van der Waals surface area contributed by atoms with Crippen LogP contribution in [-0.4, -0.2) is 17.9 Å². The van der Waals surface area contributed by atoms with Crippen molar-refractivity contribution in [1.29, 1.82) is 0 Å². The zero-order valence-corrected chi connectivity index (χ0v) is 13.5. The Hall–Kier alpha value is -2.62. The Morgan fingerprint density at radius 3 is 2.04 bits per heavy atom. The van der Waals surface area contributed by atoms with Gasteiger partial charge in [0.1, 0.15) is 0 Å². The van der Waals surface area contributed by atoms with Gasteiger partial charge in [0.15, 0.2) is 0 Å². The molecule has 2 aromatic carbocycles. The molecule has 1 heterocycles. The van der Waals surface area contributed by atoms with Gasteiger partial charge in [-0.25, -0.2) is 4.90 Å². The molecule has 4 nitrogen and oxygen atoms in total.